The van der Waals surface area contributed by atoms with Crippen molar-refractivity contribution in [3.63, 3.8) is 0 Å². The highest BCUT2D eigenvalue weighted by atomic mass is 16.3. The van der Waals surface area contributed by atoms with Crippen LogP contribution in [0.3, 0.4) is 0 Å². The number of hydrogen-bond acceptors (Lipinski definition) is 4. The topological polar surface area (TPSA) is 86.9 Å². The van der Waals surface area contributed by atoms with E-state index in [-0.39, 0.29) is 18.1 Å². The van der Waals surface area contributed by atoms with Crippen LogP contribution in [-0.2, 0) is 0 Å². The molecule has 0 aromatic heterocycles. The van der Waals surface area contributed by atoms with Gasteiger partial charge >= 0.3 is 0 Å². The molecule has 1 aromatic rings. The monoisotopic (exact) mass is 317 g/mol. The Bertz CT molecular complexity index is 597. The van der Waals surface area contributed by atoms with Crippen LogP contribution in [-0.4, -0.2) is 65.0 Å². The van der Waals surface area contributed by atoms with Gasteiger partial charge in [-0.15, -0.1) is 0 Å². The number of primary amides is 1. The Labute approximate surface area is 135 Å². The van der Waals surface area contributed by atoms with Gasteiger partial charge in [-0.05, 0) is 37.5 Å². The van der Waals surface area contributed by atoms with Gasteiger partial charge in [-0.2, -0.15) is 0 Å². The fraction of sp³-hybridized carbons (Fsp3) is 0.529. The number of amides is 2. The number of benzene rings is 1. The molecule has 6 heteroatoms. The minimum absolute atomic E-state index is 0.0697. The van der Waals surface area contributed by atoms with E-state index in [2.05, 4.69) is 4.90 Å². The second-order valence-electron chi connectivity index (χ2n) is 6.34. The van der Waals surface area contributed by atoms with Crippen LogP contribution in [0, 0.1) is 0 Å². The van der Waals surface area contributed by atoms with E-state index in [9.17, 15) is 14.7 Å². The zero-order chi connectivity index (χ0) is 16.4. The summed E-state index contributed by atoms with van der Waals surface area (Å²) in [6.45, 7) is 2.84. The minimum atomic E-state index is -0.528. The fourth-order valence-corrected chi connectivity index (χ4v) is 3.59. The number of piperazine rings is 1. The number of nitrogens with two attached hydrogens (primary N) is 1. The molecule has 1 saturated heterocycles. The van der Waals surface area contributed by atoms with Gasteiger partial charge in [0.05, 0.1) is 6.10 Å². The molecule has 1 saturated carbocycles. The Balaban J connectivity index is 1.62. The lowest BCUT2D eigenvalue weighted by molar-refractivity contribution is 0.0315. The Hall–Kier alpha value is -1.92. The first kappa shape index (κ1) is 16.0. The summed E-state index contributed by atoms with van der Waals surface area (Å²) in [5.74, 6) is -0.598. The SMILES string of the molecule is NC(=O)c1cccc(C(=O)N2CCN([C@@H]3CCC[C@H]3O)CC2)c1. The van der Waals surface area contributed by atoms with Crippen molar-refractivity contribution in [1.82, 2.24) is 9.80 Å². The molecule has 1 aromatic carbocycles. The van der Waals surface area contributed by atoms with Gasteiger partial charge in [0.25, 0.3) is 5.91 Å². The van der Waals surface area contributed by atoms with Crippen LogP contribution < -0.4 is 5.73 Å². The standard InChI is InChI=1S/C17H23N3O3/c18-16(22)12-3-1-4-13(11-12)17(23)20-9-7-19(8-10-20)14-5-2-6-15(14)21/h1,3-4,11,14-15,21H,2,5-10H2,(H2,18,22)/t14-,15-/m1/s1. The van der Waals surface area contributed by atoms with E-state index in [0.717, 1.165) is 32.4 Å². The summed E-state index contributed by atoms with van der Waals surface area (Å²) < 4.78 is 0. The van der Waals surface area contributed by atoms with Gasteiger partial charge in [0.1, 0.15) is 0 Å². The van der Waals surface area contributed by atoms with Gasteiger partial charge in [0.2, 0.25) is 5.91 Å². The Morgan fingerprint density at radius 1 is 1.09 bits per heavy atom. The van der Waals surface area contributed by atoms with Gasteiger partial charge in [0, 0.05) is 43.3 Å². The molecule has 0 unspecified atom stereocenters. The Kier molecular flexibility index (Phi) is 4.63. The van der Waals surface area contributed by atoms with Gasteiger partial charge in [-0.1, -0.05) is 6.07 Å². The second-order valence-corrected chi connectivity index (χ2v) is 6.34. The number of carbonyl (C=O) groups is 2. The zero-order valence-corrected chi connectivity index (χ0v) is 13.1. The molecule has 2 amide bonds. The van der Waals surface area contributed by atoms with Gasteiger partial charge in [0.15, 0.2) is 0 Å². The van der Waals surface area contributed by atoms with Gasteiger partial charge in [-0.25, -0.2) is 0 Å². The lowest BCUT2D eigenvalue weighted by Crippen LogP contribution is -2.53. The zero-order valence-electron chi connectivity index (χ0n) is 13.1. The fourth-order valence-electron chi connectivity index (χ4n) is 3.59. The van der Waals surface area contributed by atoms with Crippen LogP contribution in [0.2, 0.25) is 0 Å². The van der Waals surface area contributed by atoms with Crippen molar-refractivity contribution in [3.8, 4) is 0 Å². The van der Waals surface area contributed by atoms with Gasteiger partial charge < -0.3 is 15.7 Å². The maximum absolute atomic E-state index is 12.6. The summed E-state index contributed by atoms with van der Waals surface area (Å²) in [6.07, 6.45) is 2.76. The third kappa shape index (κ3) is 3.38. The highest BCUT2D eigenvalue weighted by Crippen LogP contribution is 2.25. The average Bonchev–Trinajstić information content (AvgIpc) is 3.00. The molecule has 0 bridgehead atoms. The number of aliphatic hydroxyl groups is 1. The molecule has 2 aliphatic rings. The van der Waals surface area contributed by atoms with E-state index in [1.54, 1.807) is 29.2 Å². The molecule has 3 rings (SSSR count). The van der Waals surface area contributed by atoms with Crippen LogP contribution in [0.15, 0.2) is 24.3 Å². The average molecular weight is 317 g/mol. The Morgan fingerprint density at radius 3 is 2.39 bits per heavy atom. The van der Waals surface area contributed by atoms with Gasteiger partial charge in [-0.3, -0.25) is 14.5 Å². The number of aliphatic hydroxyl groups excluding tert-OH is 1. The largest absolute Gasteiger partial charge is 0.391 e. The molecule has 0 radical (unpaired) electrons. The van der Waals surface area contributed by atoms with Crippen molar-refractivity contribution in [3.05, 3.63) is 35.4 Å². The summed E-state index contributed by atoms with van der Waals surface area (Å²) in [4.78, 5) is 27.9. The highest BCUT2D eigenvalue weighted by Gasteiger charge is 2.33. The smallest absolute Gasteiger partial charge is 0.253 e. The second kappa shape index (κ2) is 6.68. The van der Waals surface area contributed by atoms with Crippen LogP contribution in [0.5, 0.6) is 0 Å². The van der Waals surface area contributed by atoms with E-state index >= 15 is 0 Å². The van der Waals surface area contributed by atoms with E-state index < -0.39 is 5.91 Å². The lowest BCUT2D eigenvalue weighted by Gasteiger charge is -2.39. The summed E-state index contributed by atoms with van der Waals surface area (Å²) >= 11 is 0. The van der Waals surface area contributed by atoms with E-state index in [0.29, 0.717) is 24.2 Å². The molecule has 3 N–H and O–H groups in total. The molecular weight excluding hydrogens is 294 g/mol. The molecule has 1 heterocycles. The van der Waals surface area contributed by atoms with Crippen molar-refractivity contribution in [1.29, 1.82) is 0 Å². The quantitative estimate of drug-likeness (QED) is 0.848. The molecule has 124 valence electrons. The minimum Gasteiger partial charge on any atom is -0.391 e. The van der Waals surface area contributed by atoms with Crippen molar-refractivity contribution >= 4 is 11.8 Å². The third-order valence-corrected chi connectivity index (χ3v) is 4.91. The number of rotatable bonds is 3. The van der Waals surface area contributed by atoms with Crippen molar-refractivity contribution in [2.24, 2.45) is 5.73 Å². The molecule has 23 heavy (non-hydrogen) atoms. The molecule has 2 fully saturated rings. The predicted octanol–water partition coefficient (Wildman–Crippen LogP) is 0.457. The van der Waals surface area contributed by atoms with Crippen molar-refractivity contribution in [2.75, 3.05) is 26.2 Å². The third-order valence-electron chi connectivity index (χ3n) is 4.91. The first-order chi connectivity index (χ1) is 11.1. The normalized spacial score (nSPS) is 25.5. The molecule has 0 spiro atoms. The predicted molar refractivity (Wildman–Crippen MR) is 86.1 cm³/mol. The molecule has 1 aliphatic heterocycles. The van der Waals surface area contributed by atoms with E-state index in [1.807, 2.05) is 0 Å². The van der Waals surface area contributed by atoms with Crippen LogP contribution in [0.1, 0.15) is 40.0 Å². The summed E-state index contributed by atoms with van der Waals surface area (Å²) in [5.41, 5.74) is 6.11. The summed E-state index contributed by atoms with van der Waals surface area (Å²) in [6, 6.07) is 6.79. The number of hydrogen-bond donors (Lipinski definition) is 2. The lowest BCUT2D eigenvalue weighted by atomic mass is 10.1. The highest BCUT2D eigenvalue weighted by molar-refractivity contribution is 5.99. The molecule has 1 aliphatic carbocycles. The number of carbonyl (C=O) groups excluding carboxylic acids is 2. The summed E-state index contributed by atoms with van der Waals surface area (Å²) in [7, 11) is 0. The molecule has 6 nitrogen and oxygen atoms in total. The van der Waals surface area contributed by atoms with E-state index in [1.165, 1.54) is 0 Å². The first-order valence-electron chi connectivity index (χ1n) is 8.17. The first-order valence-corrected chi connectivity index (χ1v) is 8.17. The van der Waals surface area contributed by atoms with Crippen molar-refractivity contribution < 1.29 is 14.7 Å². The van der Waals surface area contributed by atoms with Crippen LogP contribution in [0.4, 0.5) is 0 Å². The maximum Gasteiger partial charge on any atom is 0.253 e. The van der Waals surface area contributed by atoms with Crippen molar-refractivity contribution in [2.45, 2.75) is 31.4 Å². The number of nitrogens with zero attached hydrogens (tertiary/aromatic N) is 2. The van der Waals surface area contributed by atoms with Crippen LogP contribution >= 0.6 is 0 Å². The van der Waals surface area contributed by atoms with E-state index in [4.69, 9.17) is 5.73 Å². The molecular formula is C17H23N3O3. The molecule has 2 atom stereocenters. The summed E-state index contributed by atoms with van der Waals surface area (Å²) in [5, 5.41) is 10.0. The Morgan fingerprint density at radius 2 is 1.78 bits per heavy atom. The maximum atomic E-state index is 12.6. The van der Waals surface area contributed by atoms with Crippen LogP contribution in [0.25, 0.3) is 0 Å².